The highest BCUT2D eigenvalue weighted by atomic mass is 16.6. The van der Waals surface area contributed by atoms with Gasteiger partial charge in [-0.3, -0.25) is 14.4 Å². The van der Waals surface area contributed by atoms with E-state index in [4.69, 9.17) is 9.47 Å². The molecule has 0 saturated carbocycles. The number of nitrogens with zero attached hydrogens (tertiary/aromatic N) is 2. The number of hydrogen-bond acceptors (Lipinski definition) is 5. The average molecular weight is 389 g/mol. The Bertz CT molecular complexity index is 764. The molecule has 0 unspecified atom stereocenters. The van der Waals surface area contributed by atoms with Crippen LogP contribution in [0.4, 0.5) is 5.69 Å². The van der Waals surface area contributed by atoms with Gasteiger partial charge in [-0.15, -0.1) is 0 Å². The lowest BCUT2D eigenvalue weighted by Gasteiger charge is -2.25. The lowest BCUT2D eigenvalue weighted by Crippen LogP contribution is -2.45. The normalized spacial score (nSPS) is 18.4. The molecule has 8 nitrogen and oxygen atoms in total. The van der Waals surface area contributed by atoms with Crippen molar-refractivity contribution < 1.29 is 23.9 Å². The van der Waals surface area contributed by atoms with Crippen molar-refractivity contribution in [2.45, 2.75) is 33.2 Å². The number of likely N-dealkylation sites (N-methyl/N-ethyl adjacent to an activating group) is 1. The smallest absolute Gasteiger partial charge is 0.239 e. The Morgan fingerprint density at radius 2 is 1.96 bits per heavy atom. The van der Waals surface area contributed by atoms with Gasteiger partial charge in [0.25, 0.3) is 0 Å². The van der Waals surface area contributed by atoms with Crippen LogP contribution in [0.1, 0.15) is 27.2 Å². The SMILES string of the molecule is CCN(CC(=O)NC(C)C)C(=O)[C@@H]1CC(=O)N(c2ccc3c(c2)OCCO3)C1. The molecule has 2 heterocycles. The largest absolute Gasteiger partial charge is 0.486 e. The van der Waals surface area contributed by atoms with Gasteiger partial charge in [-0.25, -0.2) is 0 Å². The minimum atomic E-state index is -0.465. The summed E-state index contributed by atoms with van der Waals surface area (Å²) >= 11 is 0. The second kappa shape index (κ2) is 8.50. The number of carbonyl (C=O) groups is 3. The van der Waals surface area contributed by atoms with Gasteiger partial charge in [-0.05, 0) is 32.9 Å². The maximum atomic E-state index is 12.9. The molecule has 1 atom stereocenters. The van der Waals surface area contributed by atoms with Gasteiger partial charge in [-0.2, -0.15) is 0 Å². The summed E-state index contributed by atoms with van der Waals surface area (Å²) in [5, 5.41) is 2.79. The fourth-order valence-electron chi connectivity index (χ4n) is 3.47. The molecule has 1 aromatic carbocycles. The molecule has 0 radical (unpaired) electrons. The first-order valence-electron chi connectivity index (χ1n) is 9.67. The fraction of sp³-hybridized carbons (Fsp3) is 0.550. The van der Waals surface area contributed by atoms with Gasteiger partial charge in [0.2, 0.25) is 17.7 Å². The van der Waals surface area contributed by atoms with Crippen molar-refractivity contribution in [2.75, 3.05) is 37.7 Å². The summed E-state index contributed by atoms with van der Waals surface area (Å²) < 4.78 is 11.1. The minimum Gasteiger partial charge on any atom is -0.486 e. The molecule has 0 aliphatic carbocycles. The van der Waals surface area contributed by atoms with E-state index in [0.717, 1.165) is 0 Å². The molecule has 152 valence electrons. The number of carbonyl (C=O) groups excluding carboxylic acids is 3. The highest BCUT2D eigenvalue weighted by Gasteiger charge is 2.37. The summed E-state index contributed by atoms with van der Waals surface area (Å²) in [5.41, 5.74) is 0.685. The first kappa shape index (κ1) is 20.0. The van der Waals surface area contributed by atoms with E-state index in [1.54, 1.807) is 23.1 Å². The maximum absolute atomic E-state index is 12.9. The topological polar surface area (TPSA) is 88.2 Å². The molecule has 3 amide bonds. The summed E-state index contributed by atoms with van der Waals surface area (Å²) in [6.07, 6.45) is 0.134. The van der Waals surface area contributed by atoms with Gasteiger partial charge < -0.3 is 24.6 Å². The Balaban J connectivity index is 1.67. The van der Waals surface area contributed by atoms with E-state index in [0.29, 0.717) is 43.5 Å². The summed E-state index contributed by atoms with van der Waals surface area (Å²) in [7, 11) is 0. The van der Waals surface area contributed by atoms with E-state index in [2.05, 4.69) is 5.32 Å². The predicted molar refractivity (Wildman–Crippen MR) is 103 cm³/mol. The highest BCUT2D eigenvalue weighted by Crippen LogP contribution is 2.36. The Labute approximate surface area is 164 Å². The van der Waals surface area contributed by atoms with Crippen LogP contribution in [0.5, 0.6) is 11.5 Å². The number of fused-ring (bicyclic) bond motifs is 1. The summed E-state index contributed by atoms with van der Waals surface area (Å²) in [5.74, 6) is 0.313. The van der Waals surface area contributed by atoms with Crippen LogP contribution in [-0.2, 0) is 14.4 Å². The van der Waals surface area contributed by atoms with Crippen LogP contribution >= 0.6 is 0 Å². The monoisotopic (exact) mass is 389 g/mol. The third-order valence-corrected chi connectivity index (χ3v) is 4.79. The number of anilines is 1. The number of nitrogens with one attached hydrogen (secondary N) is 1. The molecule has 2 aliphatic rings. The predicted octanol–water partition coefficient (Wildman–Crippen LogP) is 1.18. The first-order chi connectivity index (χ1) is 13.4. The summed E-state index contributed by atoms with van der Waals surface area (Å²) in [6.45, 7) is 7.25. The number of ether oxygens (including phenoxy) is 2. The number of hydrogen-bond donors (Lipinski definition) is 1. The number of rotatable bonds is 6. The van der Waals surface area contributed by atoms with Crippen LogP contribution in [0.25, 0.3) is 0 Å². The Hall–Kier alpha value is -2.77. The van der Waals surface area contributed by atoms with E-state index in [9.17, 15) is 14.4 Å². The lowest BCUT2D eigenvalue weighted by molar-refractivity contribution is -0.139. The number of benzene rings is 1. The Morgan fingerprint density at radius 1 is 1.25 bits per heavy atom. The van der Waals surface area contributed by atoms with E-state index in [1.165, 1.54) is 4.90 Å². The van der Waals surface area contributed by atoms with Gasteiger partial charge in [0.1, 0.15) is 13.2 Å². The van der Waals surface area contributed by atoms with Gasteiger partial charge >= 0.3 is 0 Å². The van der Waals surface area contributed by atoms with E-state index in [-0.39, 0.29) is 36.7 Å². The zero-order valence-corrected chi connectivity index (χ0v) is 16.6. The third-order valence-electron chi connectivity index (χ3n) is 4.79. The molecular formula is C20H27N3O5. The molecule has 3 rings (SSSR count). The van der Waals surface area contributed by atoms with Gasteiger partial charge in [0.15, 0.2) is 11.5 Å². The molecule has 0 spiro atoms. The van der Waals surface area contributed by atoms with Crippen molar-refractivity contribution in [1.29, 1.82) is 0 Å². The van der Waals surface area contributed by atoms with Crippen molar-refractivity contribution in [3.8, 4) is 11.5 Å². The van der Waals surface area contributed by atoms with Crippen molar-refractivity contribution in [3.63, 3.8) is 0 Å². The standard InChI is InChI=1S/C20H27N3O5/c1-4-22(12-18(24)21-13(2)3)20(26)14-9-19(25)23(11-14)15-5-6-16-17(10-15)28-8-7-27-16/h5-6,10,13-14H,4,7-9,11-12H2,1-3H3,(H,21,24)/t14-/m1/s1. The van der Waals surface area contributed by atoms with Crippen LogP contribution in [0.15, 0.2) is 18.2 Å². The highest BCUT2D eigenvalue weighted by molar-refractivity contribution is 6.01. The fourth-order valence-corrected chi connectivity index (χ4v) is 3.47. The first-order valence-corrected chi connectivity index (χ1v) is 9.67. The van der Waals surface area contributed by atoms with Gasteiger partial charge in [0.05, 0.1) is 12.5 Å². The van der Waals surface area contributed by atoms with Crippen LogP contribution in [-0.4, -0.2) is 61.5 Å². The van der Waals surface area contributed by atoms with Crippen LogP contribution in [0, 0.1) is 5.92 Å². The van der Waals surface area contributed by atoms with Crippen LogP contribution in [0.3, 0.4) is 0 Å². The van der Waals surface area contributed by atoms with Crippen molar-refractivity contribution >= 4 is 23.4 Å². The van der Waals surface area contributed by atoms with Gasteiger partial charge in [-0.1, -0.05) is 0 Å². The van der Waals surface area contributed by atoms with Gasteiger partial charge in [0, 0.05) is 37.3 Å². The molecule has 2 aliphatic heterocycles. The Kier molecular flexibility index (Phi) is 6.06. The molecule has 1 N–H and O–H groups in total. The van der Waals surface area contributed by atoms with Crippen LogP contribution in [0.2, 0.25) is 0 Å². The molecular weight excluding hydrogens is 362 g/mol. The molecule has 0 aromatic heterocycles. The second-order valence-corrected chi connectivity index (χ2v) is 7.31. The molecule has 28 heavy (non-hydrogen) atoms. The van der Waals surface area contributed by atoms with Crippen LogP contribution < -0.4 is 19.7 Å². The average Bonchev–Trinajstić information content (AvgIpc) is 3.06. The van der Waals surface area contributed by atoms with E-state index in [1.807, 2.05) is 20.8 Å². The molecule has 1 saturated heterocycles. The van der Waals surface area contributed by atoms with E-state index < -0.39 is 5.92 Å². The zero-order valence-electron chi connectivity index (χ0n) is 16.6. The maximum Gasteiger partial charge on any atom is 0.239 e. The van der Waals surface area contributed by atoms with Crippen molar-refractivity contribution in [3.05, 3.63) is 18.2 Å². The van der Waals surface area contributed by atoms with E-state index >= 15 is 0 Å². The summed E-state index contributed by atoms with van der Waals surface area (Å²) in [4.78, 5) is 40.5. The number of amides is 3. The Morgan fingerprint density at radius 3 is 2.64 bits per heavy atom. The second-order valence-electron chi connectivity index (χ2n) is 7.31. The zero-order chi connectivity index (χ0) is 20.3. The quantitative estimate of drug-likeness (QED) is 0.789. The molecule has 1 fully saturated rings. The minimum absolute atomic E-state index is 0.00221. The summed E-state index contributed by atoms with van der Waals surface area (Å²) in [6, 6.07) is 5.36. The molecule has 8 heteroatoms. The third kappa shape index (κ3) is 4.37. The van der Waals surface area contributed by atoms with Crippen molar-refractivity contribution in [2.24, 2.45) is 5.92 Å². The van der Waals surface area contributed by atoms with Crippen molar-refractivity contribution in [1.82, 2.24) is 10.2 Å². The molecule has 0 bridgehead atoms. The molecule has 1 aromatic rings. The lowest BCUT2D eigenvalue weighted by atomic mass is 10.1.